The van der Waals surface area contributed by atoms with E-state index in [1.54, 1.807) is 6.08 Å². The lowest BCUT2D eigenvalue weighted by molar-refractivity contribution is -0.241. The van der Waals surface area contributed by atoms with E-state index < -0.39 is 23.2 Å². The van der Waals surface area contributed by atoms with Crippen molar-refractivity contribution in [2.24, 2.45) is 17.3 Å². The molecule has 2 aliphatic heterocycles. The Hall–Kier alpha value is -1.04. The number of ketones is 2. The van der Waals surface area contributed by atoms with Gasteiger partial charge in [-0.1, -0.05) is 6.08 Å². The Morgan fingerprint density at radius 2 is 2.18 bits per heavy atom. The van der Waals surface area contributed by atoms with E-state index in [2.05, 4.69) is 11.9 Å². The van der Waals surface area contributed by atoms with E-state index >= 15 is 0 Å². The van der Waals surface area contributed by atoms with Gasteiger partial charge in [-0.15, -0.1) is 0 Å². The van der Waals surface area contributed by atoms with E-state index in [4.69, 9.17) is 4.74 Å². The Morgan fingerprint density at radius 3 is 3.00 bits per heavy atom. The number of likely N-dealkylation sites (N-methyl/N-ethyl adjacent to an activating group) is 1. The molecule has 5 heteroatoms. The SMILES string of the molecule is CN1CCC23C4OC5C(=O)C=CC(CC1C2(O)CCC4=O)C53. The van der Waals surface area contributed by atoms with Gasteiger partial charge in [-0.05, 0) is 44.8 Å². The molecule has 7 unspecified atom stereocenters. The van der Waals surface area contributed by atoms with E-state index in [0.717, 1.165) is 19.4 Å². The third-order valence-corrected chi connectivity index (χ3v) is 7.23. The van der Waals surface area contributed by atoms with Crippen LogP contribution in [-0.4, -0.2) is 59.0 Å². The summed E-state index contributed by atoms with van der Waals surface area (Å²) in [7, 11) is 2.06. The van der Waals surface area contributed by atoms with Gasteiger partial charge in [-0.3, -0.25) is 9.59 Å². The minimum Gasteiger partial charge on any atom is -0.388 e. The van der Waals surface area contributed by atoms with Crippen LogP contribution in [0.15, 0.2) is 12.2 Å². The predicted octanol–water partition coefficient (Wildman–Crippen LogP) is 0.313. The average molecular weight is 303 g/mol. The molecule has 0 aromatic carbocycles. The minimum atomic E-state index is -0.903. The van der Waals surface area contributed by atoms with Crippen molar-refractivity contribution in [2.45, 2.75) is 49.5 Å². The molecule has 5 nitrogen and oxygen atoms in total. The lowest BCUT2D eigenvalue weighted by Crippen LogP contribution is -2.76. The van der Waals surface area contributed by atoms with Crippen LogP contribution in [0.1, 0.15) is 25.7 Å². The van der Waals surface area contributed by atoms with Crippen LogP contribution in [-0.2, 0) is 14.3 Å². The van der Waals surface area contributed by atoms with Crippen LogP contribution >= 0.6 is 0 Å². The quantitative estimate of drug-likeness (QED) is 0.698. The van der Waals surface area contributed by atoms with Crippen molar-refractivity contribution >= 4 is 11.6 Å². The Kier molecular flexibility index (Phi) is 2.37. The first-order valence-corrected chi connectivity index (χ1v) is 8.32. The summed E-state index contributed by atoms with van der Waals surface area (Å²) in [5.41, 5.74) is -1.46. The molecule has 0 aromatic rings. The normalized spacial score (nSPS) is 56.2. The molecule has 2 saturated carbocycles. The third kappa shape index (κ3) is 1.21. The summed E-state index contributed by atoms with van der Waals surface area (Å²) >= 11 is 0. The van der Waals surface area contributed by atoms with Gasteiger partial charge in [0.25, 0.3) is 0 Å². The maximum Gasteiger partial charge on any atom is 0.184 e. The third-order valence-electron chi connectivity index (χ3n) is 7.23. The molecule has 0 aromatic heterocycles. The molecular weight excluding hydrogens is 282 g/mol. The number of nitrogens with zero attached hydrogens (tertiary/aromatic N) is 1. The highest BCUT2D eigenvalue weighted by Gasteiger charge is 2.77. The van der Waals surface area contributed by atoms with Crippen LogP contribution in [0.25, 0.3) is 0 Å². The molecule has 5 aliphatic rings. The molecule has 5 rings (SSSR count). The minimum absolute atomic E-state index is 0.0300. The molecule has 1 N–H and O–H groups in total. The second-order valence-electron chi connectivity index (χ2n) is 7.80. The molecule has 2 saturated heterocycles. The fourth-order valence-corrected chi connectivity index (χ4v) is 6.37. The molecule has 4 fully saturated rings. The molecule has 2 bridgehead atoms. The molecular formula is C17H21NO4. The summed E-state index contributed by atoms with van der Waals surface area (Å²) in [5.74, 6) is 0.245. The fourth-order valence-electron chi connectivity index (χ4n) is 6.37. The summed E-state index contributed by atoms with van der Waals surface area (Å²) in [4.78, 5) is 27.1. The number of rotatable bonds is 0. The highest BCUT2D eigenvalue weighted by atomic mass is 16.5. The summed E-state index contributed by atoms with van der Waals surface area (Å²) < 4.78 is 6.02. The van der Waals surface area contributed by atoms with Crippen LogP contribution in [0.5, 0.6) is 0 Å². The zero-order chi connectivity index (χ0) is 15.3. The first-order valence-electron chi connectivity index (χ1n) is 8.32. The van der Waals surface area contributed by atoms with Gasteiger partial charge in [-0.25, -0.2) is 0 Å². The number of aliphatic hydroxyl groups is 1. The van der Waals surface area contributed by atoms with Crippen molar-refractivity contribution in [1.82, 2.24) is 4.90 Å². The van der Waals surface area contributed by atoms with Gasteiger partial charge in [0.05, 0.1) is 5.60 Å². The van der Waals surface area contributed by atoms with Crippen molar-refractivity contribution in [3.05, 3.63) is 12.2 Å². The molecule has 1 spiro atoms. The maximum atomic E-state index is 12.5. The number of piperidine rings is 1. The molecule has 0 radical (unpaired) electrons. The molecule has 7 atom stereocenters. The van der Waals surface area contributed by atoms with Gasteiger partial charge in [0, 0.05) is 23.8 Å². The Balaban J connectivity index is 1.76. The highest BCUT2D eigenvalue weighted by Crippen LogP contribution is 2.67. The fraction of sp³-hybridized carbons (Fsp3) is 0.765. The first-order chi connectivity index (χ1) is 10.5. The van der Waals surface area contributed by atoms with Crippen LogP contribution in [0.3, 0.4) is 0 Å². The van der Waals surface area contributed by atoms with E-state index in [1.807, 2.05) is 6.08 Å². The van der Waals surface area contributed by atoms with E-state index in [-0.39, 0.29) is 29.4 Å². The van der Waals surface area contributed by atoms with Crippen LogP contribution < -0.4 is 0 Å². The molecule has 0 amide bonds. The number of ether oxygens (including phenoxy) is 1. The lowest BCUT2D eigenvalue weighted by Gasteiger charge is -2.66. The van der Waals surface area contributed by atoms with Crippen LogP contribution in [0, 0.1) is 17.3 Å². The Bertz CT molecular complexity index is 616. The number of hydrogen-bond donors (Lipinski definition) is 1. The summed E-state index contributed by atoms with van der Waals surface area (Å²) in [6.45, 7) is 0.855. The number of Topliss-reactive ketones (excluding diaryl/α,β-unsaturated/α-hetero) is 1. The van der Waals surface area contributed by atoms with Crippen molar-refractivity contribution < 1.29 is 19.4 Å². The number of hydrogen-bond acceptors (Lipinski definition) is 5. The number of likely N-dealkylation sites (tertiary alicyclic amines) is 1. The molecule has 2 heterocycles. The molecule has 22 heavy (non-hydrogen) atoms. The average Bonchev–Trinajstić information content (AvgIpc) is 2.85. The van der Waals surface area contributed by atoms with E-state index in [9.17, 15) is 14.7 Å². The standard InChI is InChI=1S/C17H21NO4/c1-18-7-6-16-13-9-2-3-10(19)14(13)22-15(16)11(20)4-5-17(16,21)12(18)8-9/h2-3,9,12-15,21H,4-8H2,1H3. The number of allylic oxidation sites excluding steroid dienone is 1. The molecule has 118 valence electrons. The van der Waals surface area contributed by atoms with Gasteiger partial charge in [0.1, 0.15) is 12.2 Å². The lowest BCUT2D eigenvalue weighted by atomic mass is 9.43. The number of carbonyl (C=O) groups is 2. The maximum absolute atomic E-state index is 12.5. The van der Waals surface area contributed by atoms with Crippen molar-refractivity contribution in [3.63, 3.8) is 0 Å². The monoisotopic (exact) mass is 303 g/mol. The Labute approximate surface area is 129 Å². The second kappa shape index (κ2) is 3.89. The van der Waals surface area contributed by atoms with Gasteiger partial charge in [0.15, 0.2) is 11.6 Å². The van der Waals surface area contributed by atoms with Gasteiger partial charge in [0.2, 0.25) is 0 Å². The predicted molar refractivity (Wildman–Crippen MR) is 77.1 cm³/mol. The summed E-state index contributed by atoms with van der Waals surface area (Å²) in [6, 6.07) is 0.0540. The van der Waals surface area contributed by atoms with Crippen LogP contribution in [0.2, 0.25) is 0 Å². The van der Waals surface area contributed by atoms with Crippen LogP contribution in [0.4, 0.5) is 0 Å². The topological polar surface area (TPSA) is 66.8 Å². The largest absolute Gasteiger partial charge is 0.388 e. The smallest absolute Gasteiger partial charge is 0.184 e. The zero-order valence-corrected chi connectivity index (χ0v) is 12.7. The van der Waals surface area contributed by atoms with Crippen molar-refractivity contribution in [1.29, 1.82) is 0 Å². The van der Waals surface area contributed by atoms with Gasteiger partial charge in [-0.2, -0.15) is 0 Å². The Morgan fingerprint density at radius 1 is 1.36 bits per heavy atom. The summed E-state index contributed by atoms with van der Waals surface area (Å²) in [6.07, 6.45) is 4.97. The second-order valence-corrected chi connectivity index (χ2v) is 7.80. The van der Waals surface area contributed by atoms with Gasteiger partial charge >= 0.3 is 0 Å². The number of carbonyl (C=O) groups excluding carboxylic acids is 2. The summed E-state index contributed by atoms with van der Waals surface area (Å²) in [5, 5.41) is 11.7. The highest BCUT2D eigenvalue weighted by molar-refractivity contribution is 5.97. The van der Waals surface area contributed by atoms with Crippen molar-refractivity contribution in [3.8, 4) is 0 Å². The zero-order valence-electron chi connectivity index (χ0n) is 12.7. The molecule has 3 aliphatic carbocycles. The van der Waals surface area contributed by atoms with E-state index in [1.165, 1.54) is 0 Å². The van der Waals surface area contributed by atoms with Crippen molar-refractivity contribution in [2.75, 3.05) is 13.6 Å². The van der Waals surface area contributed by atoms with Gasteiger partial charge < -0.3 is 14.7 Å². The van der Waals surface area contributed by atoms with E-state index in [0.29, 0.717) is 12.8 Å². The first kappa shape index (κ1) is 13.4.